The highest BCUT2D eigenvalue weighted by atomic mass is 19.1. The van der Waals surface area contributed by atoms with Gasteiger partial charge in [-0.1, -0.05) is 26.0 Å². The normalized spacial score (nSPS) is 12.5. The zero-order chi connectivity index (χ0) is 18.7. The van der Waals surface area contributed by atoms with Gasteiger partial charge in [0.1, 0.15) is 5.82 Å². The van der Waals surface area contributed by atoms with Gasteiger partial charge in [0.25, 0.3) is 0 Å². The molecule has 1 aromatic rings. The second kappa shape index (κ2) is 11.1. The largest absolute Gasteiger partial charge is 0.385 e. The van der Waals surface area contributed by atoms with E-state index in [0.29, 0.717) is 6.54 Å². The SMILES string of the molecule is CN=C(NCCN(C)CCCOC)NCC(C)(C)c1ccc(F)cc1. The Bertz CT molecular complexity index is 517. The summed E-state index contributed by atoms with van der Waals surface area (Å²) in [5, 5.41) is 6.69. The Morgan fingerprint density at radius 1 is 1.20 bits per heavy atom. The molecule has 0 aliphatic heterocycles. The summed E-state index contributed by atoms with van der Waals surface area (Å²) in [5.74, 6) is 0.570. The molecule has 0 fully saturated rings. The number of ether oxygens (including phenoxy) is 1. The number of methoxy groups -OCH3 is 1. The summed E-state index contributed by atoms with van der Waals surface area (Å²) < 4.78 is 18.2. The number of rotatable bonds is 10. The van der Waals surface area contributed by atoms with Crippen LogP contribution in [0.3, 0.4) is 0 Å². The number of hydrogen-bond donors (Lipinski definition) is 2. The summed E-state index contributed by atoms with van der Waals surface area (Å²) in [7, 11) is 5.60. The van der Waals surface area contributed by atoms with Gasteiger partial charge >= 0.3 is 0 Å². The van der Waals surface area contributed by atoms with Crippen LogP contribution in [0.5, 0.6) is 0 Å². The fourth-order valence-corrected chi connectivity index (χ4v) is 2.48. The highest BCUT2D eigenvalue weighted by Gasteiger charge is 2.20. The summed E-state index contributed by atoms with van der Waals surface area (Å²) in [5.41, 5.74) is 0.970. The minimum Gasteiger partial charge on any atom is -0.385 e. The van der Waals surface area contributed by atoms with E-state index in [0.717, 1.165) is 44.2 Å². The van der Waals surface area contributed by atoms with E-state index in [1.54, 1.807) is 14.2 Å². The van der Waals surface area contributed by atoms with Crippen LogP contribution < -0.4 is 10.6 Å². The molecule has 0 saturated carbocycles. The number of guanidine groups is 1. The molecule has 6 heteroatoms. The van der Waals surface area contributed by atoms with Gasteiger partial charge in [0.15, 0.2) is 5.96 Å². The summed E-state index contributed by atoms with van der Waals surface area (Å²) in [6.45, 7) is 8.53. The van der Waals surface area contributed by atoms with Crippen LogP contribution in [0, 0.1) is 5.82 Å². The summed E-state index contributed by atoms with van der Waals surface area (Å²) in [4.78, 5) is 6.53. The lowest BCUT2D eigenvalue weighted by Gasteiger charge is -2.27. The molecule has 0 atom stereocenters. The molecule has 0 aliphatic carbocycles. The van der Waals surface area contributed by atoms with Crippen molar-refractivity contribution in [2.75, 3.05) is 54.0 Å². The van der Waals surface area contributed by atoms with Gasteiger partial charge < -0.3 is 20.3 Å². The molecule has 0 aliphatic rings. The minimum absolute atomic E-state index is 0.123. The molecule has 5 nitrogen and oxygen atoms in total. The third-order valence-corrected chi connectivity index (χ3v) is 4.22. The molecule has 0 aromatic heterocycles. The van der Waals surface area contributed by atoms with Crippen molar-refractivity contribution in [2.24, 2.45) is 4.99 Å². The molecule has 0 unspecified atom stereocenters. The zero-order valence-corrected chi connectivity index (χ0v) is 16.2. The van der Waals surface area contributed by atoms with Gasteiger partial charge in [-0.05, 0) is 31.2 Å². The van der Waals surface area contributed by atoms with Gasteiger partial charge in [-0.25, -0.2) is 4.39 Å². The average molecular weight is 352 g/mol. The first kappa shape index (κ1) is 21.4. The first-order valence-electron chi connectivity index (χ1n) is 8.77. The Morgan fingerprint density at radius 2 is 1.88 bits per heavy atom. The van der Waals surface area contributed by atoms with Crippen LogP contribution in [0.1, 0.15) is 25.8 Å². The standard InChI is InChI=1S/C19H33FN4O/c1-19(2,16-7-9-17(20)10-8-16)15-23-18(21-3)22-11-13-24(4)12-6-14-25-5/h7-10H,6,11-15H2,1-5H3,(H2,21,22,23). The molecular weight excluding hydrogens is 319 g/mol. The Balaban J connectivity index is 2.37. The van der Waals surface area contributed by atoms with Crippen LogP contribution in [0.2, 0.25) is 0 Å². The van der Waals surface area contributed by atoms with Gasteiger partial charge in [0, 0.05) is 52.4 Å². The highest BCUT2D eigenvalue weighted by molar-refractivity contribution is 5.79. The first-order valence-corrected chi connectivity index (χ1v) is 8.77. The maximum absolute atomic E-state index is 13.1. The molecule has 2 N–H and O–H groups in total. The summed E-state index contributed by atoms with van der Waals surface area (Å²) in [6.07, 6.45) is 1.03. The summed E-state index contributed by atoms with van der Waals surface area (Å²) in [6, 6.07) is 6.68. The first-order chi connectivity index (χ1) is 11.9. The quantitative estimate of drug-likeness (QED) is 0.385. The van der Waals surface area contributed by atoms with Gasteiger partial charge in [0.2, 0.25) is 0 Å². The lowest BCUT2D eigenvalue weighted by molar-refractivity contribution is 0.180. The van der Waals surface area contributed by atoms with Crippen molar-refractivity contribution in [1.29, 1.82) is 0 Å². The Hall–Kier alpha value is -1.66. The van der Waals surface area contributed by atoms with Crippen LogP contribution in [0.15, 0.2) is 29.3 Å². The van der Waals surface area contributed by atoms with Gasteiger partial charge in [0.05, 0.1) is 0 Å². The minimum atomic E-state index is -0.209. The van der Waals surface area contributed by atoms with Gasteiger partial charge in [-0.3, -0.25) is 4.99 Å². The number of hydrogen-bond acceptors (Lipinski definition) is 3. The Labute approximate surface area is 151 Å². The average Bonchev–Trinajstić information content (AvgIpc) is 2.58. The third kappa shape index (κ3) is 8.31. The third-order valence-electron chi connectivity index (χ3n) is 4.22. The lowest BCUT2D eigenvalue weighted by atomic mass is 9.84. The number of benzene rings is 1. The summed E-state index contributed by atoms with van der Waals surface area (Å²) >= 11 is 0. The molecule has 0 radical (unpaired) electrons. The predicted molar refractivity (Wildman–Crippen MR) is 103 cm³/mol. The monoisotopic (exact) mass is 352 g/mol. The van der Waals surface area contributed by atoms with E-state index in [2.05, 4.69) is 41.4 Å². The van der Waals surface area contributed by atoms with E-state index < -0.39 is 0 Å². The Morgan fingerprint density at radius 3 is 2.48 bits per heavy atom. The fraction of sp³-hybridized carbons (Fsp3) is 0.632. The molecule has 0 amide bonds. The van der Waals surface area contributed by atoms with Gasteiger partial charge in [-0.15, -0.1) is 0 Å². The predicted octanol–water partition coefficient (Wildman–Crippen LogP) is 2.24. The maximum Gasteiger partial charge on any atom is 0.191 e. The topological polar surface area (TPSA) is 48.9 Å². The van der Waals surface area contributed by atoms with Crippen LogP contribution in [-0.2, 0) is 10.2 Å². The van der Waals surface area contributed by atoms with Crippen molar-refractivity contribution < 1.29 is 9.13 Å². The van der Waals surface area contributed by atoms with Crippen molar-refractivity contribution >= 4 is 5.96 Å². The molecule has 1 aromatic carbocycles. The van der Waals surface area contributed by atoms with E-state index in [9.17, 15) is 4.39 Å². The molecule has 25 heavy (non-hydrogen) atoms. The fourth-order valence-electron chi connectivity index (χ4n) is 2.48. The molecule has 0 saturated heterocycles. The zero-order valence-electron chi connectivity index (χ0n) is 16.2. The van der Waals surface area contributed by atoms with Crippen LogP contribution in [-0.4, -0.2) is 64.9 Å². The Kier molecular flexibility index (Phi) is 9.45. The smallest absolute Gasteiger partial charge is 0.191 e. The van der Waals surface area contributed by atoms with Crippen LogP contribution in [0.25, 0.3) is 0 Å². The second-order valence-corrected chi connectivity index (χ2v) is 6.89. The van der Waals surface area contributed by atoms with Crippen molar-refractivity contribution in [1.82, 2.24) is 15.5 Å². The maximum atomic E-state index is 13.1. The molecule has 1 rings (SSSR count). The van der Waals surface area contributed by atoms with Crippen LogP contribution in [0.4, 0.5) is 4.39 Å². The molecule has 0 bridgehead atoms. The number of likely N-dealkylation sites (N-methyl/N-ethyl adjacent to an activating group) is 1. The molecule has 0 heterocycles. The number of nitrogens with zero attached hydrogens (tertiary/aromatic N) is 2. The molecular formula is C19H33FN4O. The van der Waals surface area contributed by atoms with Crippen molar-refractivity contribution in [2.45, 2.75) is 25.7 Å². The lowest BCUT2D eigenvalue weighted by Crippen LogP contribution is -2.45. The highest BCUT2D eigenvalue weighted by Crippen LogP contribution is 2.22. The van der Waals surface area contributed by atoms with E-state index in [-0.39, 0.29) is 11.2 Å². The number of aliphatic imine (C=N–C) groups is 1. The van der Waals surface area contributed by atoms with Crippen molar-refractivity contribution in [3.05, 3.63) is 35.6 Å². The molecule has 0 spiro atoms. The van der Waals surface area contributed by atoms with Crippen molar-refractivity contribution in [3.63, 3.8) is 0 Å². The van der Waals surface area contributed by atoms with E-state index in [1.165, 1.54) is 12.1 Å². The van der Waals surface area contributed by atoms with Crippen LogP contribution >= 0.6 is 0 Å². The van der Waals surface area contributed by atoms with E-state index in [1.807, 2.05) is 12.1 Å². The molecule has 142 valence electrons. The number of halogens is 1. The van der Waals surface area contributed by atoms with E-state index in [4.69, 9.17) is 4.74 Å². The second-order valence-electron chi connectivity index (χ2n) is 6.89. The van der Waals surface area contributed by atoms with Gasteiger partial charge in [-0.2, -0.15) is 0 Å². The number of nitrogens with one attached hydrogen (secondary N) is 2. The van der Waals surface area contributed by atoms with E-state index >= 15 is 0 Å². The van der Waals surface area contributed by atoms with Crippen molar-refractivity contribution in [3.8, 4) is 0 Å².